The van der Waals surface area contributed by atoms with E-state index in [-0.39, 0.29) is 38.1 Å². The number of halogens is 1. The molecular weight excluding hydrogens is 539 g/mol. The minimum atomic E-state index is -2.09. The Morgan fingerprint density at radius 3 is 2.46 bits per heavy atom. The molecule has 4 rings (SSSR count). The van der Waals surface area contributed by atoms with E-state index in [0.717, 1.165) is 0 Å². The number of carbonyl (C=O) groups is 4. The fourth-order valence-electron chi connectivity index (χ4n) is 8.16. The number of rotatable bonds is 10. The third-order valence-corrected chi connectivity index (χ3v) is 10.4. The van der Waals surface area contributed by atoms with Gasteiger partial charge in [-0.25, -0.2) is 4.39 Å². The first kappa shape index (κ1) is 31.5. The molecule has 0 aromatic heterocycles. The van der Waals surface area contributed by atoms with E-state index in [1.807, 2.05) is 0 Å². The van der Waals surface area contributed by atoms with Crippen molar-refractivity contribution in [3.8, 4) is 0 Å². The molecule has 41 heavy (non-hydrogen) atoms. The lowest BCUT2D eigenvalue weighted by molar-refractivity contribution is -0.220. The molecule has 11 heteroatoms. The summed E-state index contributed by atoms with van der Waals surface area (Å²) < 4.78 is 27.1. The Morgan fingerprint density at radius 2 is 1.80 bits per heavy atom. The molecule has 3 saturated carbocycles. The molecule has 1 unspecified atom stereocenters. The standard InChI is InChI=1S/C30H41FO10/c1-17-11-22-21-8-7-18-12-19(33)9-10-27(18,2)29(21,31)23(35)13-28(22,3)30(17,39)24(36)16-41-26(38)6-4-5-25(37)40-15-20(34)14-32/h9-10,12,17,20-23,32,34-35,39H,4-8,11,13-16H2,1-3H3/t17-,20?,21+,22+,23+,27+,28+,29+,30+/m1/s1. The zero-order valence-corrected chi connectivity index (χ0v) is 23.8. The minimum Gasteiger partial charge on any atom is -0.463 e. The smallest absolute Gasteiger partial charge is 0.306 e. The molecule has 4 aliphatic rings. The highest BCUT2D eigenvalue weighted by atomic mass is 19.1. The molecule has 0 heterocycles. The van der Waals surface area contributed by atoms with Crippen LogP contribution in [0.2, 0.25) is 0 Å². The van der Waals surface area contributed by atoms with Gasteiger partial charge in [-0.05, 0) is 63.0 Å². The zero-order chi connectivity index (χ0) is 30.4. The Balaban J connectivity index is 1.42. The van der Waals surface area contributed by atoms with Gasteiger partial charge in [-0.2, -0.15) is 0 Å². The fourth-order valence-corrected chi connectivity index (χ4v) is 8.16. The van der Waals surface area contributed by atoms with Crippen molar-refractivity contribution in [2.75, 3.05) is 19.8 Å². The fraction of sp³-hybridized carbons (Fsp3) is 0.733. The first-order valence-electron chi connectivity index (χ1n) is 14.3. The second-order valence-electron chi connectivity index (χ2n) is 12.6. The largest absolute Gasteiger partial charge is 0.463 e. The molecular formula is C30H41FO10. The van der Waals surface area contributed by atoms with Crippen molar-refractivity contribution in [2.45, 2.75) is 89.2 Å². The number of aliphatic hydroxyl groups excluding tert-OH is 3. The van der Waals surface area contributed by atoms with Crippen LogP contribution in [0.15, 0.2) is 23.8 Å². The topological polar surface area (TPSA) is 168 Å². The molecule has 0 saturated heterocycles. The summed E-state index contributed by atoms with van der Waals surface area (Å²) in [5, 5.41) is 41.3. The average Bonchev–Trinajstić information content (AvgIpc) is 3.12. The molecule has 0 amide bonds. The van der Waals surface area contributed by atoms with E-state index in [2.05, 4.69) is 0 Å². The molecule has 0 aromatic rings. The van der Waals surface area contributed by atoms with Crippen molar-refractivity contribution in [2.24, 2.45) is 28.6 Å². The van der Waals surface area contributed by atoms with Gasteiger partial charge in [-0.1, -0.05) is 25.5 Å². The average molecular weight is 581 g/mol. The van der Waals surface area contributed by atoms with Crippen LogP contribution in [0, 0.1) is 28.6 Å². The molecule has 4 N–H and O–H groups in total. The lowest BCUT2D eigenvalue weighted by Gasteiger charge is -2.62. The number of Topliss-reactive ketones (excluding diaryl/α,β-unsaturated/α-hetero) is 1. The Kier molecular flexibility index (Phi) is 8.68. The normalized spacial score (nSPS) is 40.1. The number of hydrogen-bond donors (Lipinski definition) is 4. The number of ketones is 2. The van der Waals surface area contributed by atoms with Crippen molar-refractivity contribution in [3.63, 3.8) is 0 Å². The maximum atomic E-state index is 17.2. The molecule has 3 fully saturated rings. The van der Waals surface area contributed by atoms with Gasteiger partial charge in [0.15, 0.2) is 18.1 Å². The Bertz CT molecular complexity index is 1150. The van der Waals surface area contributed by atoms with Crippen LogP contribution in [-0.2, 0) is 28.7 Å². The molecule has 0 aliphatic heterocycles. The summed E-state index contributed by atoms with van der Waals surface area (Å²) in [5.74, 6) is -4.03. The third-order valence-electron chi connectivity index (χ3n) is 10.4. The number of alkyl halides is 1. The van der Waals surface area contributed by atoms with Gasteiger partial charge in [-0.3, -0.25) is 19.2 Å². The SMILES string of the molecule is C[C@@H]1C[C@H]2[C@@H]3CCC4=CC(=O)C=C[C@]4(C)[C@@]3(F)[C@@H](O)C[C@]2(C)[C@@]1(O)C(=O)COC(=O)CCCC(=O)OCC(O)CO. The van der Waals surface area contributed by atoms with E-state index in [9.17, 15) is 34.5 Å². The Hall–Kier alpha value is -2.47. The predicted octanol–water partition coefficient (Wildman–Crippen LogP) is 1.51. The predicted molar refractivity (Wildman–Crippen MR) is 142 cm³/mol. The third kappa shape index (κ3) is 4.98. The van der Waals surface area contributed by atoms with Gasteiger partial charge in [0.05, 0.1) is 12.7 Å². The molecule has 0 spiro atoms. The van der Waals surface area contributed by atoms with Gasteiger partial charge in [0, 0.05) is 29.6 Å². The van der Waals surface area contributed by atoms with E-state index >= 15 is 4.39 Å². The molecule has 10 nitrogen and oxygen atoms in total. The molecule has 0 radical (unpaired) electrons. The van der Waals surface area contributed by atoms with E-state index in [1.165, 1.54) is 12.2 Å². The van der Waals surface area contributed by atoms with Crippen molar-refractivity contribution in [1.82, 2.24) is 0 Å². The molecule has 228 valence electrons. The van der Waals surface area contributed by atoms with Gasteiger partial charge in [0.25, 0.3) is 0 Å². The summed E-state index contributed by atoms with van der Waals surface area (Å²) in [4.78, 5) is 49.4. The highest BCUT2D eigenvalue weighted by Gasteiger charge is 2.75. The highest BCUT2D eigenvalue weighted by molar-refractivity contribution is 6.01. The van der Waals surface area contributed by atoms with E-state index in [0.29, 0.717) is 24.8 Å². The number of carbonyl (C=O) groups excluding carboxylic acids is 4. The number of fused-ring (bicyclic) bond motifs is 5. The van der Waals surface area contributed by atoms with Crippen LogP contribution in [0.25, 0.3) is 0 Å². The quantitative estimate of drug-likeness (QED) is 0.278. The summed E-state index contributed by atoms with van der Waals surface area (Å²) in [5.41, 5.74) is -5.76. The van der Waals surface area contributed by atoms with Gasteiger partial charge in [0.1, 0.15) is 18.3 Å². The monoisotopic (exact) mass is 580 g/mol. The van der Waals surface area contributed by atoms with Crippen molar-refractivity contribution >= 4 is 23.5 Å². The van der Waals surface area contributed by atoms with Gasteiger partial charge < -0.3 is 29.9 Å². The van der Waals surface area contributed by atoms with Crippen molar-refractivity contribution < 1.29 is 53.5 Å². The summed E-state index contributed by atoms with van der Waals surface area (Å²) >= 11 is 0. The van der Waals surface area contributed by atoms with Crippen LogP contribution >= 0.6 is 0 Å². The molecule has 0 bridgehead atoms. The van der Waals surface area contributed by atoms with Gasteiger partial charge in [-0.15, -0.1) is 0 Å². The highest BCUT2D eigenvalue weighted by Crippen LogP contribution is 2.70. The van der Waals surface area contributed by atoms with Crippen molar-refractivity contribution in [1.29, 1.82) is 0 Å². The first-order valence-corrected chi connectivity index (χ1v) is 14.3. The number of ether oxygens (including phenoxy) is 2. The van der Waals surface area contributed by atoms with Crippen LogP contribution in [0.4, 0.5) is 4.39 Å². The van der Waals surface area contributed by atoms with Crippen LogP contribution in [0.3, 0.4) is 0 Å². The maximum Gasteiger partial charge on any atom is 0.306 e. The van der Waals surface area contributed by atoms with Gasteiger partial charge >= 0.3 is 11.9 Å². The molecule has 0 aromatic carbocycles. The van der Waals surface area contributed by atoms with Crippen LogP contribution in [0.1, 0.15) is 65.7 Å². The summed E-state index contributed by atoms with van der Waals surface area (Å²) in [6.45, 7) is 3.50. The lowest BCUT2D eigenvalue weighted by Crippen LogP contribution is -2.69. The maximum absolute atomic E-state index is 17.2. The second-order valence-corrected chi connectivity index (χ2v) is 12.6. The van der Waals surface area contributed by atoms with Crippen LogP contribution in [-0.4, -0.2) is 87.2 Å². The number of hydrogen-bond acceptors (Lipinski definition) is 10. The van der Waals surface area contributed by atoms with Gasteiger partial charge in [0.2, 0.25) is 5.78 Å². The second kappa shape index (κ2) is 11.3. The summed E-state index contributed by atoms with van der Waals surface area (Å²) in [6.07, 6.45) is 2.41. The molecule has 4 aliphatic carbocycles. The number of aliphatic hydroxyl groups is 4. The number of esters is 2. The van der Waals surface area contributed by atoms with E-state index in [4.69, 9.17) is 14.6 Å². The van der Waals surface area contributed by atoms with Crippen LogP contribution in [0.5, 0.6) is 0 Å². The molecule has 9 atom stereocenters. The van der Waals surface area contributed by atoms with Crippen LogP contribution < -0.4 is 0 Å². The first-order chi connectivity index (χ1) is 19.1. The van der Waals surface area contributed by atoms with Crippen molar-refractivity contribution in [3.05, 3.63) is 23.8 Å². The Labute approximate surface area is 238 Å². The Morgan fingerprint density at radius 1 is 1.15 bits per heavy atom. The number of allylic oxidation sites excluding steroid dienone is 4. The van der Waals surface area contributed by atoms with E-state index in [1.54, 1.807) is 26.8 Å². The van der Waals surface area contributed by atoms with E-state index < -0.39 is 83.0 Å². The minimum absolute atomic E-state index is 0.0727. The summed E-state index contributed by atoms with van der Waals surface area (Å²) in [7, 11) is 0. The summed E-state index contributed by atoms with van der Waals surface area (Å²) in [6, 6.07) is 0. The lowest BCUT2D eigenvalue weighted by atomic mass is 9.44. The zero-order valence-electron chi connectivity index (χ0n) is 23.8.